The molecule has 0 saturated carbocycles. The maximum atomic E-state index is 12.2. The fourth-order valence-corrected chi connectivity index (χ4v) is 3.35. The second-order valence-electron chi connectivity index (χ2n) is 9.46. The average molecular weight is 358 g/mol. The predicted molar refractivity (Wildman–Crippen MR) is 105 cm³/mol. The maximum Gasteiger partial charge on any atom is 0.407 e. The molecule has 2 atom stereocenters. The summed E-state index contributed by atoms with van der Waals surface area (Å²) in [7, 11) is -1.96. The Morgan fingerprint density at radius 3 is 2.00 bits per heavy atom. The third kappa shape index (κ3) is 8.33. The zero-order chi connectivity index (χ0) is 19.3. The Morgan fingerprint density at radius 1 is 1.17 bits per heavy atom. The molecule has 5 heteroatoms. The van der Waals surface area contributed by atoms with Crippen LogP contribution in [0.2, 0.25) is 18.1 Å². The van der Waals surface area contributed by atoms with Crippen molar-refractivity contribution in [3.05, 3.63) is 12.7 Å². The van der Waals surface area contributed by atoms with Crippen LogP contribution in [0.15, 0.2) is 12.7 Å². The summed E-state index contributed by atoms with van der Waals surface area (Å²) in [5, 5.41) is 3.09. The minimum Gasteiger partial charge on any atom is -0.444 e. The Balaban J connectivity index is 5.24. The van der Waals surface area contributed by atoms with Crippen molar-refractivity contribution in [3.63, 3.8) is 0 Å². The lowest BCUT2D eigenvalue weighted by molar-refractivity contribution is 0.0449. The van der Waals surface area contributed by atoms with Gasteiger partial charge in [-0.3, -0.25) is 0 Å². The van der Waals surface area contributed by atoms with Crippen molar-refractivity contribution in [3.8, 4) is 0 Å². The molecule has 24 heavy (non-hydrogen) atoms. The third-order valence-corrected chi connectivity index (χ3v) is 8.77. The zero-order valence-electron chi connectivity index (χ0n) is 17.4. The number of ether oxygens (including phenoxy) is 1. The van der Waals surface area contributed by atoms with Gasteiger partial charge in [0.15, 0.2) is 8.32 Å². The quantitative estimate of drug-likeness (QED) is 0.483. The molecule has 0 rings (SSSR count). The van der Waals surface area contributed by atoms with Gasteiger partial charge in [-0.1, -0.05) is 40.7 Å². The number of hydrogen-bond acceptors (Lipinski definition) is 3. The molecular formula is C19H39NO3Si. The molecule has 0 aromatic carbocycles. The van der Waals surface area contributed by atoms with Crippen molar-refractivity contribution in [2.45, 2.75) is 97.7 Å². The normalized spacial score (nSPS) is 15.8. The van der Waals surface area contributed by atoms with Gasteiger partial charge in [-0.05, 0) is 51.2 Å². The minimum atomic E-state index is -1.96. The number of carbonyl (C=O) groups excluding carboxylic acids is 1. The SMILES string of the molecule is C=CC(O[Si](C)(C)C(C)(C)C)[C@H](CC(C)C)NC(=O)OC(C)(C)C. The van der Waals surface area contributed by atoms with Crippen molar-refractivity contribution < 1.29 is 14.0 Å². The molecule has 0 aromatic heterocycles. The summed E-state index contributed by atoms with van der Waals surface area (Å²) in [4.78, 5) is 12.2. The highest BCUT2D eigenvalue weighted by Gasteiger charge is 2.40. The van der Waals surface area contributed by atoms with Crippen LogP contribution >= 0.6 is 0 Å². The molecule has 1 N–H and O–H groups in total. The van der Waals surface area contributed by atoms with Crippen molar-refractivity contribution in [2.75, 3.05) is 0 Å². The van der Waals surface area contributed by atoms with Crippen molar-refractivity contribution in [2.24, 2.45) is 5.92 Å². The van der Waals surface area contributed by atoms with Crippen LogP contribution in [0.4, 0.5) is 4.79 Å². The lowest BCUT2D eigenvalue weighted by Crippen LogP contribution is -2.52. The standard InChI is InChI=1S/C19H39NO3Si/c1-12-16(23-24(10,11)19(7,8)9)15(13-14(2)3)20-17(21)22-18(4,5)6/h12,14-16H,1,13H2,2-11H3,(H,20,21)/t15-,16?/m0/s1. The summed E-state index contributed by atoms with van der Waals surface area (Å²) in [5.74, 6) is 0.426. The number of amides is 1. The highest BCUT2D eigenvalue weighted by Crippen LogP contribution is 2.38. The molecular weight excluding hydrogens is 318 g/mol. The van der Waals surface area contributed by atoms with E-state index in [9.17, 15) is 4.79 Å². The van der Waals surface area contributed by atoms with Gasteiger partial charge >= 0.3 is 6.09 Å². The van der Waals surface area contributed by atoms with E-state index in [2.05, 4.69) is 59.6 Å². The smallest absolute Gasteiger partial charge is 0.407 e. The molecule has 0 heterocycles. The van der Waals surface area contributed by atoms with Crippen molar-refractivity contribution in [1.82, 2.24) is 5.32 Å². The summed E-state index contributed by atoms with van der Waals surface area (Å²) in [5.41, 5.74) is -0.517. The number of alkyl carbamates (subject to hydrolysis) is 1. The molecule has 0 radical (unpaired) electrons. The van der Waals surface area contributed by atoms with Gasteiger partial charge in [0.1, 0.15) is 5.60 Å². The third-order valence-electron chi connectivity index (χ3n) is 4.29. The van der Waals surface area contributed by atoms with E-state index in [-0.39, 0.29) is 17.2 Å². The first kappa shape index (κ1) is 23.2. The van der Waals surface area contributed by atoms with Crippen LogP contribution in [-0.2, 0) is 9.16 Å². The van der Waals surface area contributed by atoms with Crippen LogP contribution in [0.25, 0.3) is 0 Å². The maximum absolute atomic E-state index is 12.2. The fraction of sp³-hybridized carbons (Fsp3) is 0.842. The van der Waals surface area contributed by atoms with Gasteiger partial charge < -0.3 is 14.5 Å². The Bertz CT molecular complexity index is 419. The van der Waals surface area contributed by atoms with Crippen molar-refractivity contribution in [1.29, 1.82) is 0 Å². The molecule has 0 aliphatic heterocycles. The van der Waals surface area contributed by atoms with Gasteiger partial charge in [-0.25, -0.2) is 4.79 Å². The van der Waals surface area contributed by atoms with Crippen molar-refractivity contribution >= 4 is 14.4 Å². The molecule has 1 amide bonds. The Morgan fingerprint density at radius 2 is 1.67 bits per heavy atom. The van der Waals surface area contributed by atoms with Crippen LogP contribution < -0.4 is 5.32 Å². The largest absolute Gasteiger partial charge is 0.444 e. The predicted octanol–water partition coefficient (Wildman–Crippen LogP) is 5.50. The van der Waals surface area contributed by atoms with Crippen LogP contribution in [0.3, 0.4) is 0 Å². The van der Waals surface area contributed by atoms with E-state index in [1.165, 1.54) is 0 Å². The average Bonchev–Trinajstić information content (AvgIpc) is 2.30. The molecule has 0 aromatic rings. The first-order valence-corrected chi connectivity index (χ1v) is 11.8. The topological polar surface area (TPSA) is 47.6 Å². The van der Waals surface area contributed by atoms with E-state index in [1.807, 2.05) is 26.8 Å². The van der Waals surface area contributed by atoms with Gasteiger partial charge in [0.2, 0.25) is 0 Å². The van der Waals surface area contributed by atoms with Gasteiger partial charge in [-0.15, -0.1) is 6.58 Å². The van der Waals surface area contributed by atoms with E-state index in [0.717, 1.165) is 6.42 Å². The molecule has 142 valence electrons. The van der Waals surface area contributed by atoms with Gasteiger partial charge in [0.25, 0.3) is 0 Å². The highest BCUT2D eigenvalue weighted by atomic mass is 28.4. The zero-order valence-corrected chi connectivity index (χ0v) is 18.4. The lowest BCUT2D eigenvalue weighted by Gasteiger charge is -2.41. The number of nitrogens with one attached hydrogen (secondary N) is 1. The Kier molecular flexibility index (Phi) is 8.23. The van der Waals surface area contributed by atoms with E-state index < -0.39 is 20.0 Å². The van der Waals surface area contributed by atoms with Crippen LogP contribution in [-0.4, -0.2) is 32.2 Å². The van der Waals surface area contributed by atoms with E-state index in [4.69, 9.17) is 9.16 Å². The monoisotopic (exact) mass is 357 g/mol. The Hall–Kier alpha value is -0.813. The van der Waals surface area contributed by atoms with Gasteiger partial charge in [0.05, 0.1) is 12.1 Å². The van der Waals surface area contributed by atoms with E-state index in [1.54, 1.807) is 0 Å². The summed E-state index contributed by atoms with van der Waals surface area (Å²) in [6, 6.07) is -0.147. The highest BCUT2D eigenvalue weighted by molar-refractivity contribution is 6.74. The summed E-state index contributed by atoms with van der Waals surface area (Å²) < 4.78 is 11.9. The molecule has 0 spiro atoms. The minimum absolute atomic E-state index is 0.0998. The van der Waals surface area contributed by atoms with Gasteiger partial charge in [0, 0.05) is 0 Å². The number of carbonyl (C=O) groups is 1. The fourth-order valence-electron chi connectivity index (χ4n) is 2.05. The number of rotatable bonds is 7. The van der Waals surface area contributed by atoms with Gasteiger partial charge in [-0.2, -0.15) is 0 Å². The summed E-state index contributed by atoms with van der Waals surface area (Å²) >= 11 is 0. The Labute approximate surface area is 150 Å². The molecule has 0 aliphatic carbocycles. The van der Waals surface area contributed by atoms with Crippen LogP contribution in [0, 0.1) is 5.92 Å². The second-order valence-corrected chi connectivity index (χ2v) is 14.2. The molecule has 0 aliphatic rings. The summed E-state index contributed by atoms with van der Waals surface area (Å²) in [6.07, 6.45) is 2.00. The second kappa shape index (κ2) is 8.52. The van der Waals surface area contributed by atoms with E-state index >= 15 is 0 Å². The molecule has 0 saturated heterocycles. The number of hydrogen-bond donors (Lipinski definition) is 1. The molecule has 4 nitrogen and oxygen atoms in total. The molecule has 0 fully saturated rings. The molecule has 1 unspecified atom stereocenters. The van der Waals surface area contributed by atoms with Crippen LogP contribution in [0.1, 0.15) is 61.8 Å². The summed E-state index contributed by atoms with van der Waals surface area (Å²) in [6.45, 7) is 24.8. The van der Waals surface area contributed by atoms with Crippen LogP contribution in [0.5, 0.6) is 0 Å². The lowest BCUT2D eigenvalue weighted by atomic mass is 9.99. The van der Waals surface area contributed by atoms with E-state index in [0.29, 0.717) is 5.92 Å². The molecule has 0 bridgehead atoms. The first-order chi connectivity index (χ1) is 10.6. The first-order valence-electron chi connectivity index (χ1n) is 8.89.